The largest absolute Gasteiger partial charge is 0.419 e. The highest BCUT2D eigenvalue weighted by Gasteiger charge is 2.32. The van der Waals surface area contributed by atoms with Gasteiger partial charge in [0.1, 0.15) is 4.90 Å². The molecule has 0 aliphatic heterocycles. The minimum Gasteiger partial charge on any atom is -0.277 e. The predicted octanol–water partition coefficient (Wildman–Crippen LogP) is 3.28. The summed E-state index contributed by atoms with van der Waals surface area (Å²) in [6, 6.07) is 6.14. The Morgan fingerprint density at radius 1 is 1.03 bits per heavy atom. The second kappa shape index (κ2) is 6.83. The van der Waals surface area contributed by atoms with Gasteiger partial charge in [-0.2, -0.15) is 23.4 Å². The molecule has 0 aliphatic rings. The minimum absolute atomic E-state index is 0.0503. The van der Waals surface area contributed by atoms with Crippen LogP contribution in [0.4, 0.5) is 18.9 Å². The van der Waals surface area contributed by atoms with Gasteiger partial charge < -0.3 is 0 Å². The van der Waals surface area contributed by atoms with Gasteiger partial charge in [0.2, 0.25) is 0 Å². The molecule has 3 aromatic heterocycles. The molecule has 0 bridgehead atoms. The van der Waals surface area contributed by atoms with E-state index >= 15 is 0 Å². The Morgan fingerprint density at radius 3 is 2.43 bits per heavy atom. The average molecular weight is 436 g/mol. The third-order valence-corrected chi connectivity index (χ3v) is 5.86. The second-order valence-electron chi connectivity index (χ2n) is 6.59. The van der Waals surface area contributed by atoms with Crippen LogP contribution >= 0.6 is 0 Å². The molecule has 1 aromatic carbocycles. The van der Waals surface area contributed by atoms with Gasteiger partial charge in [-0.3, -0.25) is 9.40 Å². The van der Waals surface area contributed by atoms with E-state index in [0.29, 0.717) is 23.0 Å². The summed E-state index contributed by atoms with van der Waals surface area (Å²) in [6.45, 7) is 1.77. The molecule has 30 heavy (non-hydrogen) atoms. The van der Waals surface area contributed by atoms with Gasteiger partial charge in [-0.05, 0) is 24.6 Å². The van der Waals surface area contributed by atoms with Crippen LogP contribution in [-0.2, 0) is 23.2 Å². The van der Waals surface area contributed by atoms with Crippen LogP contribution in [0.2, 0.25) is 0 Å². The molecular weight excluding hydrogens is 421 g/mol. The van der Waals surface area contributed by atoms with E-state index in [-0.39, 0.29) is 10.7 Å². The maximum absolute atomic E-state index is 12.9. The summed E-state index contributed by atoms with van der Waals surface area (Å²) < 4.78 is 68.9. The number of hydrogen-bond acceptors (Lipinski definition) is 5. The lowest BCUT2D eigenvalue weighted by molar-refractivity contribution is -0.137. The topological polar surface area (TPSA) is 94.7 Å². The van der Waals surface area contributed by atoms with Gasteiger partial charge in [-0.25, -0.2) is 18.1 Å². The molecule has 0 atom stereocenters. The van der Waals surface area contributed by atoms with Crippen molar-refractivity contribution in [2.75, 3.05) is 4.72 Å². The van der Waals surface area contributed by atoms with E-state index in [1.807, 2.05) is 6.07 Å². The van der Waals surface area contributed by atoms with Crippen LogP contribution in [0.3, 0.4) is 0 Å². The molecule has 0 amide bonds. The number of aryl methyl sites for hydroxylation is 2. The molecule has 0 spiro atoms. The molecule has 0 radical (unpaired) electrons. The van der Waals surface area contributed by atoms with Crippen molar-refractivity contribution in [2.45, 2.75) is 18.0 Å². The van der Waals surface area contributed by atoms with Crippen molar-refractivity contribution in [3.63, 3.8) is 0 Å². The molecule has 12 heteroatoms. The van der Waals surface area contributed by atoms with E-state index in [1.165, 1.54) is 12.1 Å². The number of halogens is 3. The highest BCUT2D eigenvalue weighted by atomic mass is 32.2. The number of rotatable bonds is 4. The number of pyridine rings is 1. The van der Waals surface area contributed by atoms with Crippen molar-refractivity contribution in [3.05, 3.63) is 60.2 Å². The molecule has 4 rings (SSSR count). The highest BCUT2D eigenvalue weighted by Crippen LogP contribution is 2.30. The lowest BCUT2D eigenvalue weighted by Gasteiger charge is -2.13. The number of alkyl halides is 3. The zero-order chi connectivity index (χ0) is 21.7. The van der Waals surface area contributed by atoms with Gasteiger partial charge in [-0.1, -0.05) is 12.1 Å². The maximum atomic E-state index is 12.9. The Kier molecular flexibility index (Phi) is 4.53. The van der Waals surface area contributed by atoms with E-state index in [0.717, 1.165) is 22.5 Å². The van der Waals surface area contributed by atoms with Crippen LogP contribution in [0.25, 0.3) is 16.7 Å². The summed E-state index contributed by atoms with van der Waals surface area (Å²) in [5.41, 5.74) is 0.788. The molecule has 0 fully saturated rings. The first-order valence-corrected chi connectivity index (χ1v) is 10.1. The number of nitrogens with one attached hydrogen (secondary N) is 1. The Balaban J connectivity index is 1.65. The summed E-state index contributed by atoms with van der Waals surface area (Å²) in [7, 11) is -2.30. The van der Waals surface area contributed by atoms with Crippen LogP contribution in [0.15, 0.2) is 53.9 Å². The standard InChI is InChI=1S/C18H15F3N6O2S/c1-11-3-4-12-7-23-26(2)17(12)16(11)25-30(28,29)14-5-6-15(22-9-14)27-10-13(8-24-27)18(19,20)21/h3-10,25H,1-2H3. The van der Waals surface area contributed by atoms with Gasteiger partial charge in [0.25, 0.3) is 10.0 Å². The van der Waals surface area contributed by atoms with Gasteiger partial charge in [0, 0.05) is 24.8 Å². The van der Waals surface area contributed by atoms with E-state index in [4.69, 9.17) is 0 Å². The predicted molar refractivity (Wildman–Crippen MR) is 103 cm³/mol. The SMILES string of the molecule is Cc1ccc2cnn(C)c2c1NS(=O)(=O)c1ccc(-n2cc(C(F)(F)F)cn2)nc1. The Morgan fingerprint density at radius 2 is 1.80 bits per heavy atom. The van der Waals surface area contributed by atoms with Crippen LogP contribution < -0.4 is 4.72 Å². The van der Waals surface area contributed by atoms with Crippen molar-refractivity contribution in [1.29, 1.82) is 0 Å². The number of nitrogens with zero attached hydrogens (tertiary/aromatic N) is 5. The second-order valence-corrected chi connectivity index (χ2v) is 8.27. The number of aromatic nitrogens is 5. The van der Waals surface area contributed by atoms with Crippen molar-refractivity contribution >= 4 is 26.6 Å². The normalized spacial score (nSPS) is 12.4. The zero-order valence-electron chi connectivity index (χ0n) is 15.7. The van der Waals surface area contributed by atoms with Gasteiger partial charge in [0.15, 0.2) is 5.82 Å². The molecule has 0 saturated carbocycles. The molecule has 0 aliphatic carbocycles. The van der Waals surface area contributed by atoms with E-state index in [9.17, 15) is 21.6 Å². The van der Waals surface area contributed by atoms with Crippen molar-refractivity contribution in [2.24, 2.45) is 7.05 Å². The minimum atomic E-state index is -4.53. The fourth-order valence-corrected chi connectivity index (χ4v) is 4.03. The lowest BCUT2D eigenvalue weighted by atomic mass is 10.1. The Hall–Kier alpha value is -3.41. The number of anilines is 1. The molecule has 0 unspecified atom stereocenters. The van der Waals surface area contributed by atoms with Crippen LogP contribution in [0.1, 0.15) is 11.1 Å². The summed E-state index contributed by atoms with van der Waals surface area (Å²) in [5, 5.41) is 8.54. The van der Waals surface area contributed by atoms with Gasteiger partial charge in [0.05, 0.1) is 29.2 Å². The monoisotopic (exact) mass is 436 g/mol. The summed E-state index contributed by atoms with van der Waals surface area (Å²) in [6.07, 6.45) is -0.393. The van der Waals surface area contributed by atoms with E-state index in [2.05, 4.69) is 19.9 Å². The molecule has 0 saturated heterocycles. The zero-order valence-corrected chi connectivity index (χ0v) is 16.5. The summed E-state index contributed by atoms with van der Waals surface area (Å²) in [5.74, 6) is 0.0503. The first-order valence-electron chi connectivity index (χ1n) is 8.59. The first-order chi connectivity index (χ1) is 14.1. The molecule has 4 aromatic rings. The van der Waals surface area contributed by atoms with Gasteiger partial charge >= 0.3 is 6.18 Å². The molecule has 156 valence electrons. The fourth-order valence-electron chi connectivity index (χ4n) is 2.95. The number of fused-ring (bicyclic) bond motifs is 1. The number of benzene rings is 1. The third-order valence-electron chi connectivity index (χ3n) is 4.52. The highest BCUT2D eigenvalue weighted by molar-refractivity contribution is 7.92. The maximum Gasteiger partial charge on any atom is 0.419 e. The first kappa shape index (κ1) is 19.9. The van der Waals surface area contributed by atoms with Crippen LogP contribution in [-0.4, -0.2) is 33.0 Å². The van der Waals surface area contributed by atoms with Crippen molar-refractivity contribution < 1.29 is 21.6 Å². The number of sulfonamides is 1. The van der Waals surface area contributed by atoms with Crippen LogP contribution in [0.5, 0.6) is 0 Å². The number of hydrogen-bond donors (Lipinski definition) is 1. The van der Waals surface area contributed by atoms with Crippen LogP contribution in [0, 0.1) is 6.92 Å². The quantitative estimate of drug-likeness (QED) is 0.530. The molecule has 8 nitrogen and oxygen atoms in total. The average Bonchev–Trinajstić information content (AvgIpc) is 3.32. The van der Waals surface area contributed by atoms with E-state index < -0.39 is 21.8 Å². The Labute approximate surface area is 169 Å². The molecular formula is C18H15F3N6O2S. The smallest absolute Gasteiger partial charge is 0.277 e. The van der Waals surface area contributed by atoms with Crippen molar-refractivity contribution in [1.82, 2.24) is 24.5 Å². The Bertz CT molecular complexity index is 1340. The lowest BCUT2D eigenvalue weighted by Crippen LogP contribution is -2.15. The van der Waals surface area contributed by atoms with E-state index in [1.54, 1.807) is 30.9 Å². The molecule has 3 heterocycles. The summed E-state index contributed by atoms with van der Waals surface area (Å²) >= 11 is 0. The third kappa shape index (κ3) is 3.49. The van der Waals surface area contributed by atoms with Gasteiger partial charge in [-0.15, -0.1) is 0 Å². The summed E-state index contributed by atoms with van der Waals surface area (Å²) in [4.78, 5) is 3.80. The molecule has 1 N–H and O–H groups in total. The fraction of sp³-hybridized carbons (Fsp3) is 0.167. The van der Waals surface area contributed by atoms with Crippen molar-refractivity contribution in [3.8, 4) is 5.82 Å².